The lowest BCUT2D eigenvalue weighted by molar-refractivity contribution is 0.0486. The lowest BCUT2D eigenvalue weighted by Crippen LogP contribution is -2.33. The first-order valence-electron chi connectivity index (χ1n) is 5.90. The van der Waals surface area contributed by atoms with E-state index in [9.17, 15) is 5.11 Å². The Hall–Kier alpha value is -1.60. The average Bonchev–Trinajstić information content (AvgIpc) is 2.22. The second kappa shape index (κ2) is 4.72. The van der Waals surface area contributed by atoms with Crippen molar-refractivity contribution in [2.24, 2.45) is 5.92 Å². The largest absolute Gasteiger partial charge is 0.393 e. The van der Waals surface area contributed by atoms with E-state index >= 15 is 0 Å². The summed E-state index contributed by atoms with van der Waals surface area (Å²) in [6.07, 6.45) is 1.56. The Bertz CT molecular complexity index is 458. The molecule has 0 unspecified atom stereocenters. The normalized spacial score (nSPS) is 22.7. The average molecular weight is 231 g/mol. The van der Waals surface area contributed by atoms with Crippen LogP contribution < -0.4 is 5.32 Å². The number of nitriles is 1. The molecule has 1 saturated carbocycles. The third-order valence-corrected chi connectivity index (χ3v) is 3.23. The van der Waals surface area contributed by atoms with Gasteiger partial charge in [0.05, 0.1) is 11.7 Å². The molecular weight excluding hydrogens is 214 g/mol. The van der Waals surface area contributed by atoms with Gasteiger partial charge < -0.3 is 10.4 Å². The quantitative estimate of drug-likeness (QED) is 0.831. The van der Waals surface area contributed by atoms with Crippen molar-refractivity contribution < 1.29 is 5.11 Å². The molecule has 1 aliphatic carbocycles. The predicted octanol–water partition coefficient (Wildman–Crippen LogP) is 1.75. The van der Waals surface area contributed by atoms with Gasteiger partial charge in [0.25, 0.3) is 0 Å². The topological polar surface area (TPSA) is 68.9 Å². The fourth-order valence-corrected chi connectivity index (χ4v) is 2.21. The van der Waals surface area contributed by atoms with Crippen LogP contribution in [-0.2, 0) is 0 Å². The van der Waals surface area contributed by atoms with Crippen LogP contribution in [0.1, 0.15) is 29.7 Å². The van der Waals surface area contributed by atoms with E-state index in [4.69, 9.17) is 5.26 Å². The molecule has 1 aliphatic rings. The van der Waals surface area contributed by atoms with Gasteiger partial charge in [0.1, 0.15) is 11.9 Å². The minimum atomic E-state index is -0.135. The van der Waals surface area contributed by atoms with Crippen molar-refractivity contribution in [2.75, 3.05) is 11.9 Å². The predicted molar refractivity (Wildman–Crippen MR) is 65.6 cm³/mol. The summed E-state index contributed by atoms with van der Waals surface area (Å²) in [6.45, 7) is 4.62. The summed E-state index contributed by atoms with van der Waals surface area (Å²) in [7, 11) is 0. The van der Waals surface area contributed by atoms with Crippen molar-refractivity contribution in [3.8, 4) is 6.07 Å². The van der Waals surface area contributed by atoms with Crippen LogP contribution in [0.5, 0.6) is 0 Å². The van der Waals surface area contributed by atoms with Gasteiger partial charge >= 0.3 is 0 Å². The van der Waals surface area contributed by atoms with Crippen molar-refractivity contribution in [1.82, 2.24) is 4.98 Å². The van der Waals surface area contributed by atoms with Gasteiger partial charge in [-0.25, -0.2) is 4.98 Å². The van der Waals surface area contributed by atoms with Crippen LogP contribution in [0.25, 0.3) is 0 Å². The number of aliphatic hydroxyl groups is 1. The number of anilines is 1. The molecule has 0 atom stereocenters. The summed E-state index contributed by atoms with van der Waals surface area (Å²) in [4.78, 5) is 4.36. The Morgan fingerprint density at radius 2 is 2.24 bits per heavy atom. The second-order valence-corrected chi connectivity index (χ2v) is 4.79. The van der Waals surface area contributed by atoms with E-state index in [1.807, 2.05) is 19.9 Å². The number of aromatic nitrogens is 1. The van der Waals surface area contributed by atoms with Gasteiger partial charge in [0.15, 0.2) is 0 Å². The maximum absolute atomic E-state index is 9.21. The number of nitrogens with one attached hydrogen (secondary N) is 1. The zero-order chi connectivity index (χ0) is 12.4. The molecule has 0 spiro atoms. The van der Waals surface area contributed by atoms with Gasteiger partial charge in [-0.15, -0.1) is 0 Å². The SMILES string of the molecule is Cc1cc(C)c(C#N)c(NCC2CC(O)C2)n1. The maximum Gasteiger partial charge on any atom is 0.144 e. The molecule has 17 heavy (non-hydrogen) atoms. The van der Waals surface area contributed by atoms with Crippen LogP contribution in [0.3, 0.4) is 0 Å². The Morgan fingerprint density at radius 3 is 2.82 bits per heavy atom. The minimum Gasteiger partial charge on any atom is -0.393 e. The van der Waals surface area contributed by atoms with Gasteiger partial charge in [-0.1, -0.05) is 0 Å². The number of aliphatic hydroxyl groups excluding tert-OH is 1. The van der Waals surface area contributed by atoms with Crippen molar-refractivity contribution in [1.29, 1.82) is 5.26 Å². The van der Waals surface area contributed by atoms with Crippen molar-refractivity contribution in [3.05, 3.63) is 22.9 Å². The zero-order valence-electron chi connectivity index (χ0n) is 10.2. The smallest absolute Gasteiger partial charge is 0.144 e. The number of hydrogen-bond acceptors (Lipinski definition) is 4. The first-order valence-corrected chi connectivity index (χ1v) is 5.90. The maximum atomic E-state index is 9.21. The van der Waals surface area contributed by atoms with E-state index in [1.165, 1.54) is 0 Å². The molecule has 0 amide bonds. The van der Waals surface area contributed by atoms with E-state index in [-0.39, 0.29) is 6.10 Å². The van der Waals surface area contributed by atoms with Gasteiger partial charge in [-0.3, -0.25) is 0 Å². The van der Waals surface area contributed by atoms with Crippen LogP contribution >= 0.6 is 0 Å². The summed E-state index contributed by atoms with van der Waals surface area (Å²) in [5.74, 6) is 1.17. The van der Waals surface area contributed by atoms with Crippen LogP contribution in [0.4, 0.5) is 5.82 Å². The monoisotopic (exact) mass is 231 g/mol. The van der Waals surface area contributed by atoms with E-state index in [0.717, 1.165) is 30.6 Å². The molecule has 0 radical (unpaired) electrons. The highest BCUT2D eigenvalue weighted by atomic mass is 16.3. The highest BCUT2D eigenvalue weighted by molar-refractivity contribution is 5.56. The third kappa shape index (κ3) is 2.56. The van der Waals surface area contributed by atoms with Gasteiger partial charge in [-0.05, 0) is 44.2 Å². The van der Waals surface area contributed by atoms with Crippen molar-refractivity contribution in [2.45, 2.75) is 32.8 Å². The third-order valence-electron chi connectivity index (χ3n) is 3.23. The van der Waals surface area contributed by atoms with E-state index in [2.05, 4.69) is 16.4 Å². The van der Waals surface area contributed by atoms with E-state index in [1.54, 1.807) is 0 Å². The van der Waals surface area contributed by atoms with Crippen LogP contribution in [-0.4, -0.2) is 22.7 Å². The van der Waals surface area contributed by atoms with Crippen molar-refractivity contribution >= 4 is 5.82 Å². The van der Waals surface area contributed by atoms with E-state index in [0.29, 0.717) is 17.3 Å². The molecule has 2 N–H and O–H groups in total. The number of hydrogen-bond donors (Lipinski definition) is 2. The van der Waals surface area contributed by atoms with Crippen LogP contribution in [0, 0.1) is 31.1 Å². The Labute approximate surface area is 101 Å². The summed E-state index contributed by atoms with van der Waals surface area (Å²) in [6, 6.07) is 4.10. The fraction of sp³-hybridized carbons (Fsp3) is 0.538. The van der Waals surface area contributed by atoms with Crippen LogP contribution in [0.2, 0.25) is 0 Å². The molecule has 1 fully saturated rings. The van der Waals surface area contributed by atoms with E-state index < -0.39 is 0 Å². The number of nitrogens with zero attached hydrogens (tertiary/aromatic N) is 2. The number of rotatable bonds is 3. The summed E-state index contributed by atoms with van der Waals surface area (Å²) >= 11 is 0. The second-order valence-electron chi connectivity index (χ2n) is 4.79. The molecule has 0 saturated heterocycles. The molecule has 1 aromatic heterocycles. The molecular formula is C13H17N3O. The van der Waals surface area contributed by atoms with Crippen LogP contribution in [0.15, 0.2) is 6.07 Å². The highest BCUT2D eigenvalue weighted by Crippen LogP contribution is 2.27. The minimum absolute atomic E-state index is 0.135. The lowest BCUT2D eigenvalue weighted by Gasteiger charge is -2.31. The highest BCUT2D eigenvalue weighted by Gasteiger charge is 2.27. The molecule has 4 nitrogen and oxygen atoms in total. The fourth-order valence-electron chi connectivity index (χ4n) is 2.21. The standard InChI is InChI=1S/C13H17N3O/c1-8-3-9(2)16-13(12(8)6-14)15-7-10-4-11(17)5-10/h3,10-11,17H,4-5,7H2,1-2H3,(H,15,16). The Balaban J connectivity index is 2.07. The Morgan fingerprint density at radius 1 is 1.53 bits per heavy atom. The Kier molecular flexibility index (Phi) is 3.30. The first kappa shape index (κ1) is 11.9. The molecule has 2 rings (SSSR count). The number of pyridine rings is 1. The molecule has 0 aromatic carbocycles. The zero-order valence-corrected chi connectivity index (χ0v) is 10.2. The summed E-state index contributed by atoms with van der Waals surface area (Å²) in [5, 5.41) is 21.5. The lowest BCUT2D eigenvalue weighted by atomic mass is 9.82. The van der Waals surface area contributed by atoms with Gasteiger partial charge in [0.2, 0.25) is 0 Å². The molecule has 4 heteroatoms. The molecule has 1 heterocycles. The molecule has 90 valence electrons. The molecule has 1 aromatic rings. The summed E-state index contributed by atoms with van der Waals surface area (Å²) < 4.78 is 0. The number of aryl methyl sites for hydroxylation is 2. The molecule has 0 bridgehead atoms. The van der Waals surface area contributed by atoms with Gasteiger partial charge in [0, 0.05) is 12.2 Å². The summed E-state index contributed by atoms with van der Waals surface area (Å²) in [5.41, 5.74) is 2.49. The van der Waals surface area contributed by atoms with Crippen molar-refractivity contribution in [3.63, 3.8) is 0 Å². The van der Waals surface area contributed by atoms with Gasteiger partial charge in [-0.2, -0.15) is 5.26 Å². The molecule has 0 aliphatic heterocycles. The first-order chi connectivity index (χ1) is 8.10.